The number of amides is 2. The highest BCUT2D eigenvalue weighted by molar-refractivity contribution is 6.30. The molecule has 0 bridgehead atoms. The fourth-order valence-electron chi connectivity index (χ4n) is 3.19. The third-order valence-corrected chi connectivity index (χ3v) is 5.08. The van der Waals surface area contributed by atoms with Gasteiger partial charge in [-0.3, -0.25) is 9.59 Å². The van der Waals surface area contributed by atoms with Gasteiger partial charge in [0.2, 0.25) is 0 Å². The number of ether oxygens (including phenoxy) is 1. The molecule has 0 saturated heterocycles. The first-order valence-electron chi connectivity index (χ1n) is 10.1. The first kappa shape index (κ1) is 22.9. The van der Waals surface area contributed by atoms with Gasteiger partial charge in [0, 0.05) is 10.7 Å². The number of anilines is 2. The van der Waals surface area contributed by atoms with E-state index in [1.54, 1.807) is 16.8 Å². The lowest BCUT2D eigenvalue weighted by molar-refractivity contribution is 0.101. The van der Waals surface area contributed by atoms with E-state index < -0.39 is 17.6 Å². The Morgan fingerprint density at radius 2 is 1.82 bits per heavy atom. The van der Waals surface area contributed by atoms with E-state index in [1.165, 1.54) is 31.5 Å². The van der Waals surface area contributed by atoms with Crippen molar-refractivity contribution < 1.29 is 18.7 Å². The lowest BCUT2D eigenvalue weighted by Gasteiger charge is -2.13. The van der Waals surface area contributed by atoms with E-state index in [1.807, 2.05) is 30.3 Å². The summed E-state index contributed by atoms with van der Waals surface area (Å²) in [5.41, 5.74) is 1.58. The number of carbonyl (C=O) groups excluding carboxylic acids is 2. The third-order valence-electron chi connectivity index (χ3n) is 4.84. The molecule has 0 aliphatic rings. The van der Waals surface area contributed by atoms with Crippen LogP contribution in [0.3, 0.4) is 0 Å². The zero-order valence-electron chi connectivity index (χ0n) is 18.0. The van der Waals surface area contributed by atoms with Gasteiger partial charge in [-0.05, 0) is 42.0 Å². The molecule has 0 fully saturated rings. The molecule has 1 heterocycles. The zero-order chi connectivity index (χ0) is 24.1. The average Bonchev–Trinajstić information content (AvgIpc) is 3.28. The Labute approximate surface area is 199 Å². The monoisotopic (exact) mass is 479 g/mol. The van der Waals surface area contributed by atoms with Gasteiger partial charge in [-0.25, -0.2) is 9.07 Å². The number of aromatic nitrogens is 3. The molecule has 0 saturated carbocycles. The molecule has 0 spiro atoms. The van der Waals surface area contributed by atoms with E-state index in [9.17, 15) is 14.0 Å². The molecule has 2 amide bonds. The van der Waals surface area contributed by atoms with E-state index in [4.69, 9.17) is 16.3 Å². The summed E-state index contributed by atoms with van der Waals surface area (Å²) < 4.78 is 20.9. The van der Waals surface area contributed by atoms with Crippen LogP contribution in [-0.2, 0) is 6.54 Å². The number of nitrogens with zero attached hydrogens (tertiary/aromatic N) is 3. The van der Waals surface area contributed by atoms with Crippen molar-refractivity contribution in [2.75, 3.05) is 17.7 Å². The van der Waals surface area contributed by atoms with Crippen LogP contribution in [-0.4, -0.2) is 33.9 Å². The predicted octanol–water partition coefficient (Wildman–Crippen LogP) is 4.63. The average molecular weight is 480 g/mol. The second kappa shape index (κ2) is 10.1. The Morgan fingerprint density at radius 3 is 2.56 bits per heavy atom. The van der Waals surface area contributed by atoms with Crippen LogP contribution >= 0.6 is 11.6 Å². The van der Waals surface area contributed by atoms with E-state index in [-0.39, 0.29) is 22.0 Å². The van der Waals surface area contributed by atoms with E-state index in [0.717, 1.165) is 11.6 Å². The SMILES string of the molecule is COc1ccc(NC(=O)c2cn(Cc3ccccc3)nn2)cc1NC(=O)c1ccc(Cl)cc1F. The summed E-state index contributed by atoms with van der Waals surface area (Å²) in [4.78, 5) is 25.2. The van der Waals surface area contributed by atoms with Crippen molar-refractivity contribution in [3.05, 3.63) is 101 Å². The molecule has 172 valence electrons. The summed E-state index contributed by atoms with van der Waals surface area (Å²) in [6.07, 6.45) is 1.54. The van der Waals surface area contributed by atoms with Crippen molar-refractivity contribution in [2.24, 2.45) is 0 Å². The highest BCUT2D eigenvalue weighted by Gasteiger charge is 2.17. The van der Waals surface area contributed by atoms with Crippen molar-refractivity contribution in [2.45, 2.75) is 6.54 Å². The van der Waals surface area contributed by atoms with Crippen LogP contribution in [0.1, 0.15) is 26.4 Å². The second-order valence-corrected chi connectivity index (χ2v) is 7.67. The molecule has 3 aromatic carbocycles. The van der Waals surface area contributed by atoms with Gasteiger partial charge >= 0.3 is 0 Å². The van der Waals surface area contributed by atoms with Crippen molar-refractivity contribution in [3.8, 4) is 5.75 Å². The minimum Gasteiger partial charge on any atom is -0.495 e. The Kier molecular flexibility index (Phi) is 6.84. The Morgan fingerprint density at radius 1 is 1.03 bits per heavy atom. The van der Waals surface area contributed by atoms with Crippen molar-refractivity contribution in [3.63, 3.8) is 0 Å². The number of benzene rings is 3. The van der Waals surface area contributed by atoms with Crippen LogP contribution in [0.5, 0.6) is 5.75 Å². The zero-order valence-corrected chi connectivity index (χ0v) is 18.7. The smallest absolute Gasteiger partial charge is 0.277 e. The molecule has 0 atom stereocenters. The maximum atomic E-state index is 14.1. The molecule has 0 unspecified atom stereocenters. The minimum atomic E-state index is -0.757. The van der Waals surface area contributed by atoms with Crippen LogP contribution in [0.4, 0.5) is 15.8 Å². The lowest BCUT2D eigenvalue weighted by atomic mass is 10.2. The Bertz CT molecular complexity index is 1340. The maximum Gasteiger partial charge on any atom is 0.277 e. The normalized spacial score (nSPS) is 10.6. The van der Waals surface area contributed by atoms with E-state index >= 15 is 0 Å². The second-order valence-electron chi connectivity index (χ2n) is 7.23. The van der Waals surface area contributed by atoms with Gasteiger partial charge in [0.05, 0.1) is 31.1 Å². The van der Waals surface area contributed by atoms with Crippen LogP contribution in [0, 0.1) is 5.82 Å². The summed E-state index contributed by atoms with van der Waals surface area (Å²) >= 11 is 5.75. The Hall–Kier alpha value is -4.24. The van der Waals surface area contributed by atoms with Gasteiger partial charge in [-0.2, -0.15) is 0 Å². The quantitative estimate of drug-likeness (QED) is 0.402. The van der Waals surface area contributed by atoms with Crippen LogP contribution in [0.25, 0.3) is 0 Å². The molecule has 4 aromatic rings. The minimum absolute atomic E-state index is 0.126. The van der Waals surface area contributed by atoms with Crippen molar-refractivity contribution >= 4 is 34.8 Å². The number of halogens is 2. The largest absolute Gasteiger partial charge is 0.495 e. The number of methoxy groups -OCH3 is 1. The molecule has 2 N–H and O–H groups in total. The number of rotatable bonds is 7. The summed E-state index contributed by atoms with van der Waals surface area (Å²) in [6.45, 7) is 0.473. The summed E-state index contributed by atoms with van der Waals surface area (Å²) in [6, 6.07) is 18.1. The first-order chi connectivity index (χ1) is 16.4. The highest BCUT2D eigenvalue weighted by Crippen LogP contribution is 2.29. The predicted molar refractivity (Wildman–Crippen MR) is 126 cm³/mol. The number of nitrogens with one attached hydrogen (secondary N) is 2. The van der Waals surface area contributed by atoms with Gasteiger partial charge in [0.1, 0.15) is 11.6 Å². The van der Waals surface area contributed by atoms with E-state index in [2.05, 4.69) is 20.9 Å². The van der Waals surface area contributed by atoms with Gasteiger partial charge in [0.15, 0.2) is 5.69 Å². The van der Waals surface area contributed by atoms with Gasteiger partial charge in [-0.15, -0.1) is 5.10 Å². The highest BCUT2D eigenvalue weighted by atomic mass is 35.5. The lowest BCUT2D eigenvalue weighted by Crippen LogP contribution is -2.16. The van der Waals surface area contributed by atoms with E-state index in [0.29, 0.717) is 18.0 Å². The van der Waals surface area contributed by atoms with Crippen molar-refractivity contribution in [1.82, 2.24) is 15.0 Å². The fourth-order valence-corrected chi connectivity index (χ4v) is 3.35. The van der Waals surface area contributed by atoms with Crippen LogP contribution in [0.15, 0.2) is 72.9 Å². The third kappa shape index (κ3) is 5.38. The molecule has 34 heavy (non-hydrogen) atoms. The molecule has 0 aliphatic heterocycles. The van der Waals surface area contributed by atoms with Gasteiger partial charge in [-0.1, -0.05) is 47.1 Å². The topological polar surface area (TPSA) is 98.1 Å². The first-order valence-corrected chi connectivity index (χ1v) is 10.5. The van der Waals surface area contributed by atoms with Crippen molar-refractivity contribution in [1.29, 1.82) is 0 Å². The molecule has 4 rings (SSSR count). The maximum absolute atomic E-state index is 14.1. The van der Waals surface area contributed by atoms with Gasteiger partial charge in [0.25, 0.3) is 11.8 Å². The van der Waals surface area contributed by atoms with Crippen LogP contribution < -0.4 is 15.4 Å². The molecule has 10 heteroatoms. The summed E-state index contributed by atoms with van der Waals surface area (Å²) in [7, 11) is 1.43. The molecular weight excluding hydrogens is 461 g/mol. The molecule has 0 aliphatic carbocycles. The number of hydrogen-bond acceptors (Lipinski definition) is 5. The summed E-state index contributed by atoms with van der Waals surface area (Å²) in [5, 5.41) is 13.4. The van der Waals surface area contributed by atoms with Gasteiger partial charge < -0.3 is 15.4 Å². The number of carbonyl (C=O) groups is 2. The standard InChI is InChI=1S/C24H19ClFN5O3/c1-34-22-10-8-17(12-20(22)28-23(32)18-9-7-16(25)11-19(18)26)27-24(33)21-14-31(30-29-21)13-15-5-3-2-4-6-15/h2-12,14H,13H2,1H3,(H,27,33)(H,28,32). The fraction of sp³-hybridized carbons (Fsp3) is 0.0833. The molecule has 8 nitrogen and oxygen atoms in total. The number of hydrogen-bond donors (Lipinski definition) is 2. The molecule has 0 radical (unpaired) electrons. The Balaban J connectivity index is 1.48. The molecule has 1 aromatic heterocycles. The van der Waals surface area contributed by atoms with Crippen LogP contribution in [0.2, 0.25) is 5.02 Å². The summed E-state index contributed by atoms with van der Waals surface area (Å²) in [5.74, 6) is -1.60. The molecular formula is C24H19ClFN5O3.